The molecule has 1 atom stereocenters. The molecule has 41 heavy (non-hydrogen) atoms. The molecule has 5 aromatic rings. The van der Waals surface area contributed by atoms with Crippen LogP contribution in [0.2, 0.25) is 0 Å². The molecule has 0 spiro atoms. The minimum Gasteiger partial charge on any atom is -0.391 e. The number of hydrogen-bond donors (Lipinski definition) is 1. The van der Waals surface area contributed by atoms with E-state index in [2.05, 4.69) is 119 Å². The first-order valence-electron chi connectivity index (χ1n) is 15.4. The van der Waals surface area contributed by atoms with Crippen LogP contribution in [0.25, 0.3) is 50.1 Å². The summed E-state index contributed by atoms with van der Waals surface area (Å²) in [5, 5.41) is 7.46. The highest BCUT2D eigenvalue weighted by Gasteiger charge is 2.25. The molecular weight excluding hydrogens is 498 g/mol. The van der Waals surface area contributed by atoms with Gasteiger partial charge in [-0.2, -0.15) is 0 Å². The zero-order chi connectivity index (χ0) is 27.3. The second-order valence-corrected chi connectivity index (χ2v) is 12.0. The van der Waals surface area contributed by atoms with Crippen LogP contribution in [-0.4, -0.2) is 15.7 Å². The van der Waals surface area contributed by atoms with E-state index in [4.69, 9.17) is 0 Å². The predicted molar refractivity (Wildman–Crippen MR) is 175 cm³/mol. The molecule has 3 heterocycles. The van der Waals surface area contributed by atoms with E-state index in [0.717, 1.165) is 32.2 Å². The molecule has 0 amide bonds. The number of rotatable bonds is 3. The molecule has 0 saturated heterocycles. The van der Waals surface area contributed by atoms with Crippen LogP contribution in [0.3, 0.4) is 0 Å². The molecule has 204 valence electrons. The van der Waals surface area contributed by atoms with Gasteiger partial charge in [0.2, 0.25) is 0 Å². The second-order valence-electron chi connectivity index (χ2n) is 12.0. The van der Waals surface area contributed by atoms with Crippen molar-refractivity contribution >= 4 is 50.1 Å². The summed E-state index contributed by atoms with van der Waals surface area (Å²) in [5.74, 6) is 0. The summed E-state index contributed by atoms with van der Waals surface area (Å²) in [6.45, 7) is 3.30. The van der Waals surface area contributed by atoms with Gasteiger partial charge in [0.05, 0.1) is 17.1 Å². The predicted octanol–water partition coefficient (Wildman–Crippen LogP) is 9.65. The summed E-state index contributed by atoms with van der Waals surface area (Å²) in [6, 6.07) is 25.6. The van der Waals surface area contributed by atoms with E-state index < -0.39 is 0 Å². The maximum absolute atomic E-state index is 3.38. The summed E-state index contributed by atoms with van der Waals surface area (Å²) in [7, 11) is 0. The molecule has 3 aromatic carbocycles. The Hall–Kier alpha value is -4.24. The Bertz CT molecular complexity index is 1940. The van der Waals surface area contributed by atoms with Crippen LogP contribution >= 0.6 is 0 Å². The molecule has 1 aliphatic heterocycles. The Morgan fingerprint density at radius 3 is 2.44 bits per heavy atom. The Morgan fingerprint density at radius 2 is 1.56 bits per heavy atom. The van der Waals surface area contributed by atoms with Gasteiger partial charge in [-0.3, -0.25) is 0 Å². The molecule has 8 rings (SSSR count). The summed E-state index contributed by atoms with van der Waals surface area (Å²) in [6.07, 6.45) is 19.8. The minimum absolute atomic E-state index is 0.420. The molecule has 1 N–H and O–H groups in total. The van der Waals surface area contributed by atoms with Gasteiger partial charge in [0.25, 0.3) is 0 Å². The number of fused-ring (bicyclic) bond motifs is 6. The highest BCUT2D eigenvalue weighted by atomic mass is 15.0. The van der Waals surface area contributed by atoms with Crippen molar-refractivity contribution in [1.29, 1.82) is 0 Å². The van der Waals surface area contributed by atoms with Crippen LogP contribution in [0.15, 0.2) is 96.7 Å². The van der Waals surface area contributed by atoms with Crippen LogP contribution in [-0.2, 0) is 6.42 Å². The third-order valence-electron chi connectivity index (χ3n) is 9.50. The van der Waals surface area contributed by atoms with Crippen LogP contribution in [0, 0.1) is 0 Å². The van der Waals surface area contributed by atoms with E-state index in [1.54, 1.807) is 0 Å². The Balaban J connectivity index is 1.27. The van der Waals surface area contributed by atoms with Crippen molar-refractivity contribution in [3.05, 3.63) is 114 Å². The monoisotopic (exact) mass is 535 g/mol. The fourth-order valence-electron chi connectivity index (χ4n) is 7.45. The van der Waals surface area contributed by atoms with Gasteiger partial charge in [0.1, 0.15) is 0 Å². The second kappa shape index (κ2) is 9.99. The third kappa shape index (κ3) is 4.10. The van der Waals surface area contributed by atoms with Gasteiger partial charge in [-0.15, -0.1) is 0 Å². The number of para-hydroxylation sites is 2. The van der Waals surface area contributed by atoms with Gasteiger partial charge in [-0.25, -0.2) is 0 Å². The van der Waals surface area contributed by atoms with E-state index >= 15 is 0 Å². The lowest BCUT2D eigenvalue weighted by molar-refractivity contribution is 0.521. The third-order valence-corrected chi connectivity index (χ3v) is 9.50. The first-order chi connectivity index (χ1) is 20.3. The van der Waals surface area contributed by atoms with E-state index in [9.17, 15) is 0 Å². The molecule has 1 unspecified atom stereocenters. The molecule has 2 aromatic heterocycles. The van der Waals surface area contributed by atoms with Crippen molar-refractivity contribution in [2.24, 2.45) is 0 Å². The fraction of sp³-hybridized carbons (Fsp3) is 0.263. The van der Waals surface area contributed by atoms with E-state index in [0.29, 0.717) is 6.04 Å². The smallest absolute Gasteiger partial charge is 0.0553 e. The molecule has 0 saturated carbocycles. The molecule has 3 aliphatic rings. The average molecular weight is 536 g/mol. The van der Waals surface area contributed by atoms with Crippen molar-refractivity contribution in [2.75, 3.05) is 6.54 Å². The summed E-state index contributed by atoms with van der Waals surface area (Å²) in [4.78, 5) is 0. The van der Waals surface area contributed by atoms with E-state index in [-0.39, 0.29) is 0 Å². The molecule has 2 aliphatic carbocycles. The van der Waals surface area contributed by atoms with E-state index in [1.165, 1.54) is 85.6 Å². The lowest BCUT2D eigenvalue weighted by Gasteiger charge is -2.25. The maximum atomic E-state index is 3.38. The zero-order valence-electron chi connectivity index (χ0n) is 23.9. The molecule has 3 heteroatoms. The summed E-state index contributed by atoms with van der Waals surface area (Å²) in [5.41, 5.74) is 12.6. The summed E-state index contributed by atoms with van der Waals surface area (Å²) >= 11 is 0. The van der Waals surface area contributed by atoms with Gasteiger partial charge >= 0.3 is 0 Å². The standard InChI is InChI=1S/C38H37N3/c1-26-8-2-3-9-29(17-14-26)40-35-12-6-4-10-31(35)33-24-27(15-18-37(33)40)28-16-19-38-34(25-28)32-11-5-7-13-36(32)41(38)30-20-22-39-23-21-30/h4-7,10-15,17-18,20,22,24-25,30,39H,2-3,8-9,16,19,21,23H2,1H3/b26-14+,29-17+. The largest absolute Gasteiger partial charge is 0.391 e. The zero-order valence-corrected chi connectivity index (χ0v) is 23.9. The van der Waals surface area contributed by atoms with Crippen molar-refractivity contribution in [2.45, 2.75) is 57.9 Å². The van der Waals surface area contributed by atoms with Crippen molar-refractivity contribution in [1.82, 2.24) is 14.5 Å². The highest BCUT2D eigenvalue weighted by Crippen LogP contribution is 2.41. The maximum Gasteiger partial charge on any atom is 0.0553 e. The lowest BCUT2D eigenvalue weighted by Crippen LogP contribution is -2.21. The lowest BCUT2D eigenvalue weighted by atomic mass is 9.90. The average Bonchev–Trinajstić information content (AvgIpc) is 3.52. The minimum atomic E-state index is 0.420. The number of aromatic nitrogens is 2. The normalized spacial score (nSPS) is 21.9. The van der Waals surface area contributed by atoms with Crippen molar-refractivity contribution < 1.29 is 0 Å². The van der Waals surface area contributed by atoms with Gasteiger partial charge in [0.15, 0.2) is 0 Å². The van der Waals surface area contributed by atoms with Gasteiger partial charge in [-0.05, 0) is 112 Å². The number of allylic oxidation sites excluding steroid dienone is 6. The molecule has 3 nitrogen and oxygen atoms in total. The van der Waals surface area contributed by atoms with Crippen molar-refractivity contribution in [3.8, 4) is 0 Å². The van der Waals surface area contributed by atoms with Crippen LogP contribution in [0.4, 0.5) is 0 Å². The number of benzene rings is 3. The SMILES string of the molecule is C/C1=C\C=C(\n2c3ccccc3c3cc(C4=Cc5c(n(C6C=CNCC6)c6ccccc56)CC4)ccc32)CCCC1. The van der Waals surface area contributed by atoms with Crippen molar-refractivity contribution in [3.63, 3.8) is 0 Å². The van der Waals surface area contributed by atoms with Gasteiger partial charge in [0, 0.05) is 45.2 Å². The Morgan fingerprint density at radius 1 is 0.756 bits per heavy atom. The van der Waals surface area contributed by atoms with Gasteiger partial charge < -0.3 is 14.5 Å². The van der Waals surface area contributed by atoms with E-state index in [1.807, 2.05) is 0 Å². The van der Waals surface area contributed by atoms with Crippen LogP contribution in [0.1, 0.15) is 68.3 Å². The van der Waals surface area contributed by atoms with Gasteiger partial charge in [-0.1, -0.05) is 54.1 Å². The van der Waals surface area contributed by atoms with Crippen LogP contribution in [0.5, 0.6) is 0 Å². The highest BCUT2D eigenvalue weighted by molar-refractivity contribution is 6.11. The molecule has 0 radical (unpaired) electrons. The van der Waals surface area contributed by atoms with Crippen LogP contribution < -0.4 is 5.32 Å². The molecule has 0 bridgehead atoms. The number of nitrogens with zero attached hydrogens (tertiary/aromatic N) is 2. The first kappa shape index (κ1) is 24.5. The fourth-order valence-corrected chi connectivity index (χ4v) is 7.45. The Kier molecular flexibility index (Phi) is 5.98. The summed E-state index contributed by atoms with van der Waals surface area (Å²) < 4.78 is 5.14. The number of hydrogen-bond acceptors (Lipinski definition) is 1. The number of nitrogens with one attached hydrogen (secondary N) is 1. The quantitative estimate of drug-likeness (QED) is 0.244. The molecule has 0 fully saturated rings. The molecular formula is C38H37N3. The topological polar surface area (TPSA) is 21.9 Å². The Labute approximate surface area is 242 Å². The first-order valence-corrected chi connectivity index (χ1v) is 15.4.